The van der Waals surface area contributed by atoms with E-state index in [4.69, 9.17) is 4.74 Å². The SMILES string of the molecule is CNCC1CCCN(C(=O)C2(c3ccc(C)cc3)CCOCC2)C1.Cl. The number of hydrogen-bond acceptors (Lipinski definition) is 3. The molecule has 1 amide bonds. The Hall–Kier alpha value is -1.10. The minimum absolute atomic E-state index is 0. The number of carbonyl (C=O) groups is 1. The number of likely N-dealkylation sites (tertiary alicyclic amines) is 1. The fourth-order valence-corrected chi connectivity index (χ4v) is 4.23. The van der Waals surface area contributed by atoms with Gasteiger partial charge in [-0.3, -0.25) is 4.79 Å². The number of hydrogen-bond donors (Lipinski definition) is 1. The Bertz CT molecular complexity index is 553. The van der Waals surface area contributed by atoms with E-state index >= 15 is 0 Å². The molecule has 1 atom stereocenters. The molecule has 3 rings (SSSR count). The van der Waals surface area contributed by atoms with Gasteiger partial charge in [-0.25, -0.2) is 0 Å². The van der Waals surface area contributed by atoms with Gasteiger partial charge < -0.3 is 15.0 Å². The van der Waals surface area contributed by atoms with Crippen LogP contribution in [0.4, 0.5) is 0 Å². The minimum Gasteiger partial charge on any atom is -0.381 e. The summed E-state index contributed by atoms with van der Waals surface area (Å²) in [5, 5.41) is 3.27. The van der Waals surface area contributed by atoms with Crippen LogP contribution >= 0.6 is 12.4 Å². The lowest BCUT2D eigenvalue weighted by Crippen LogP contribution is -2.53. The van der Waals surface area contributed by atoms with Crippen LogP contribution in [0.15, 0.2) is 24.3 Å². The lowest BCUT2D eigenvalue weighted by Gasteiger charge is -2.43. The Morgan fingerprint density at radius 3 is 2.60 bits per heavy atom. The molecule has 1 aromatic rings. The highest BCUT2D eigenvalue weighted by molar-refractivity contribution is 5.88. The van der Waals surface area contributed by atoms with Crippen molar-refractivity contribution >= 4 is 18.3 Å². The van der Waals surface area contributed by atoms with Crippen molar-refractivity contribution in [2.24, 2.45) is 5.92 Å². The number of rotatable bonds is 4. The zero-order chi connectivity index (χ0) is 17.0. The van der Waals surface area contributed by atoms with Gasteiger partial charge >= 0.3 is 0 Å². The van der Waals surface area contributed by atoms with E-state index in [9.17, 15) is 4.79 Å². The molecule has 1 N–H and O–H groups in total. The molecule has 5 heteroatoms. The van der Waals surface area contributed by atoms with Crippen LogP contribution in [-0.2, 0) is 14.9 Å². The fourth-order valence-electron chi connectivity index (χ4n) is 4.23. The van der Waals surface area contributed by atoms with Crippen molar-refractivity contribution in [3.63, 3.8) is 0 Å². The van der Waals surface area contributed by atoms with Crippen molar-refractivity contribution in [1.82, 2.24) is 10.2 Å². The molecule has 25 heavy (non-hydrogen) atoms. The zero-order valence-corrected chi connectivity index (χ0v) is 16.2. The van der Waals surface area contributed by atoms with Gasteiger partial charge in [-0.15, -0.1) is 12.4 Å². The summed E-state index contributed by atoms with van der Waals surface area (Å²) < 4.78 is 5.59. The summed E-state index contributed by atoms with van der Waals surface area (Å²) in [5.41, 5.74) is 2.01. The molecule has 1 aromatic carbocycles. The normalized spacial score (nSPS) is 23.0. The predicted molar refractivity (Wildman–Crippen MR) is 103 cm³/mol. The van der Waals surface area contributed by atoms with Crippen LogP contribution in [0.1, 0.15) is 36.8 Å². The maximum atomic E-state index is 13.6. The molecule has 0 spiro atoms. The van der Waals surface area contributed by atoms with Crippen molar-refractivity contribution in [1.29, 1.82) is 0 Å². The largest absolute Gasteiger partial charge is 0.381 e. The number of nitrogens with one attached hydrogen (secondary N) is 1. The highest BCUT2D eigenvalue weighted by atomic mass is 35.5. The molecule has 2 saturated heterocycles. The van der Waals surface area contributed by atoms with Crippen molar-refractivity contribution in [2.45, 2.75) is 38.0 Å². The van der Waals surface area contributed by atoms with E-state index in [1.807, 2.05) is 7.05 Å². The molecule has 2 aliphatic rings. The van der Waals surface area contributed by atoms with Crippen molar-refractivity contribution in [3.05, 3.63) is 35.4 Å². The lowest BCUT2D eigenvalue weighted by molar-refractivity contribution is -0.143. The number of carbonyl (C=O) groups excluding carboxylic acids is 1. The zero-order valence-electron chi connectivity index (χ0n) is 15.4. The van der Waals surface area contributed by atoms with Gasteiger partial charge in [0.2, 0.25) is 5.91 Å². The third kappa shape index (κ3) is 4.36. The van der Waals surface area contributed by atoms with E-state index in [2.05, 4.69) is 41.4 Å². The Morgan fingerprint density at radius 1 is 1.28 bits per heavy atom. The highest BCUT2D eigenvalue weighted by Gasteiger charge is 2.44. The molecule has 0 aromatic heterocycles. The summed E-state index contributed by atoms with van der Waals surface area (Å²) in [4.78, 5) is 15.7. The van der Waals surface area contributed by atoms with Crippen LogP contribution in [0.25, 0.3) is 0 Å². The second kappa shape index (κ2) is 9.02. The van der Waals surface area contributed by atoms with E-state index in [0.717, 1.165) is 44.5 Å². The molecule has 0 aliphatic carbocycles. The van der Waals surface area contributed by atoms with Crippen molar-refractivity contribution in [3.8, 4) is 0 Å². The predicted octanol–water partition coefficient (Wildman–Crippen LogP) is 2.92. The number of ether oxygens (including phenoxy) is 1. The Balaban J connectivity index is 0.00000225. The van der Waals surface area contributed by atoms with E-state index in [-0.39, 0.29) is 12.4 Å². The molecule has 1 unspecified atom stereocenters. The molecule has 0 saturated carbocycles. The van der Waals surface area contributed by atoms with Crippen LogP contribution in [0.5, 0.6) is 0 Å². The molecule has 2 fully saturated rings. The van der Waals surface area contributed by atoms with Crippen LogP contribution in [0.2, 0.25) is 0 Å². The third-order valence-electron chi connectivity index (χ3n) is 5.66. The standard InChI is InChI=1S/C20H30N2O2.ClH/c1-16-5-7-18(8-6-16)20(9-12-24-13-10-20)19(23)22-11-3-4-17(15-22)14-21-2;/h5-8,17,21H,3-4,9-15H2,1-2H3;1H. The smallest absolute Gasteiger partial charge is 0.233 e. The summed E-state index contributed by atoms with van der Waals surface area (Å²) in [6.07, 6.45) is 3.91. The number of aryl methyl sites for hydroxylation is 1. The first kappa shape index (κ1) is 20.2. The van der Waals surface area contributed by atoms with E-state index < -0.39 is 5.41 Å². The molecule has 4 nitrogen and oxygen atoms in total. The average Bonchev–Trinajstić information content (AvgIpc) is 2.63. The maximum Gasteiger partial charge on any atom is 0.233 e. The van der Waals surface area contributed by atoms with Crippen LogP contribution in [0.3, 0.4) is 0 Å². The van der Waals surface area contributed by atoms with E-state index in [0.29, 0.717) is 25.0 Å². The minimum atomic E-state index is -0.395. The fraction of sp³-hybridized carbons (Fsp3) is 0.650. The van der Waals surface area contributed by atoms with Gasteiger partial charge in [0.05, 0.1) is 5.41 Å². The monoisotopic (exact) mass is 366 g/mol. The maximum absolute atomic E-state index is 13.6. The topological polar surface area (TPSA) is 41.6 Å². The van der Waals surface area contributed by atoms with E-state index in [1.165, 1.54) is 12.0 Å². The Morgan fingerprint density at radius 2 is 1.96 bits per heavy atom. The third-order valence-corrected chi connectivity index (χ3v) is 5.66. The molecular formula is C20H31ClN2O2. The molecule has 2 heterocycles. The quantitative estimate of drug-likeness (QED) is 0.890. The van der Waals surface area contributed by atoms with Gasteiger partial charge in [0.25, 0.3) is 0 Å². The Kier molecular flexibility index (Phi) is 7.29. The van der Waals surface area contributed by atoms with Gasteiger partial charge in [0.15, 0.2) is 0 Å². The summed E-state index contributed by atoms with van der Waals surface area (Å²) in [6.45, 7) is 6.21. The first-order chi connectivity index (χ1) is 11.7. The van der Waals surface area contributed by atoms with Gasteiger partial charge in [0.1, 0.15) is 0 Å². The van der Waals surface area contributed by atoms with Gasteiger partial charge in [0, 0.05) is 26.3 Å². The van der Waals surface area contributed by atoms with Crippen LogP contribution < -0.4 is 5.32 Å². The van der Waals surface area contributed by atoms with Gasteiger partial charge in [-0.05, 0) is 57.7 Å². The van der Waals surface area contributed by atoms with Crippen molar-refractivity contribution < 1.29 is 9.53 Å². The second-order valence-electron chi connectivity index (χ2n) is 7.38. The van der Waals surface area contributed by atoms with Crippen LogP contribution in [0, 0.1) is 12.8 Å². The second-order valence-corrected chi connectivity index (χ2v) is 7.38. The van der Waals surface area contributed by atoms with Crippen LogP contribution in [-0.4, -0.2) is 50.7 Å². The molecule has 2 aliphatic heterocycles. The first-order valence-electron chi connectivity index (χ1n) is 9.24. The molecule has 0 radical (unpaired) electrons. The van der Waals surface area contributed by atoms with Gasteiger partial charge in [-0.2, -0.15) is 0 Å². The number of amides is 1. The lowest BCUT2D eigenvalue weighted by atomic mass is 9.72. The summed E-state index contributed by atoms with van der Waals surface area (Å²) >= 11 is 0. The number of benzene rings is 1. The average molecular weight is 367 g/mol. The number of halogens is 1. The van der Waals surface area contributed by atoms with Gasteiger partial charge in [-0.1, -0.05) is 29.8 Å². The molecule has 0 bridgehead atoms. The molecule has 140 valence electrons. The number of piperidine rings is 1. The summed E-state index contributed by atoms with van der Waals surface area (Å²) in [5.74, 6) is 0.887. The summed E-state index contributed by atoms with van der Waals surface area (Å²) in [7, 11) is 1.99. The Labute approximate surface area is 157 Å². The number of nitrogens with zero attached hydrogens (tertiary/aromatic N) is 1. The van der Waals surface area contributed by atoms with E-state index in [1.54, 1.807) is 0 Å². The van der Waals surface area contributed by atoms with Crippen molar-refractivity contribution in [2.75, 3.05) is 39.9 Å². The highest BCUT2D eigenvalue weighted by Crippen LogP contribution is 2.38. The summed E-state index contributed by atoms with van der Waals surface area (Å²) in [6, 6.07) is 8.54. The molecular weight excluding hydrogens is 336 g/mol. The first-order valence-corrected chi connectivity index (χ1v) is 9.24.